The minimum absolute atomic E-state index is 0.0412. The first kappa shape index (κ1) is 25.7. The Morgan fingerprint density at radius 3 is 2.24 bits per heavy atom. The Kier molecular flexibility index (Phi) is 8.68. The Morgan fingerprint density at radius 2 is 1.54 bits per heavy atom. The van der Waals surface area contributed by atoms with Crippen LogP contribution in [0.5, 0.6) is 0 Å². The zero-order valence-corrected chi connectivity index (χ0v) is 21.7. The van der Waals surface area contributed by atoms with Crippen molar-refractivity contribution >= 4 is 5.91 Å². The van der Waals surface area contributed by atoms with Gasteiger partial charge < -0.3 is 10.2 Å². The van der Waals surface area contributed by atoms with Gasteiger partial charge in [0.05, 0.1) is 0 Å². The molecule has 0 radical (unpaired) electrons. The number of hydrogen-bond acceptors (Lipinski definition) is 2. The van der Waals surface area contributed by atoms with Crippen molar-refractivity contribution < 1.29 is 9.18 Å². The molecule has 3 atom stereocenters. The maximum absolute atomic E-state index is 13.1. The van der Waals surface area contributed by atoms with Crippen molar-refractivity contribution in [3.05, 3.63) is 107 Å². The van der Waals surface area contributed by atoms with E-state index in [1.165, 1.54) is 49.9 Å². The van der Waals surface area contributed by atoms with Gasteiger partial charge in [-0.2, -0.15) is 0 Å². The molecule has 1 N–H and O–H groups in total. The monoisotopic (exact) mass is 498 g/mol. The maximum atomic E-state index is 13.1. The first-order valence-electron chi connectivity index (χ1n) is 14.0. The molecule has 0 bridgehead atoms. The van der Waals surface area contributed by atoms with Gasteiger partial charge >= 0.3 is 0 Å². The number of rotatable bonds is 9. The standard InChI is InChI=1S/C33H39FN2O/c34-30-16-14-25(15-17-30)8-7-9-26-18-20-36(21-19-26)24-29-22-31(23-32(29)27-10-3-1-4-11-27)35-33(37)28-12-5-2-6-13-28/h1-6,10-17,26,29,31-32H,7-9,18-24H2,(H,35,37)/t29-,31-,32-/m1/s1. The number of benzene rings is 3. The van der Waals surface area contributed by atoms with Crippen molar-refractivity contribution in [1.29, 1.82) is 0 Å². The lowest BCUT2D eigenvalue weighted by Gasteiger charge is -2.35. The molecule has 4 heteroatoms. The number of piperidine rings is 1. The Bertz CT molecular complexity index is 1110. The Balaban J connectivity index is 1.12. The van der Waals surface area contributed by atoms with Crippen LogP contribution in [0.1, 0.15) is 65.9 Å². The number of carbonyl (C=O) groups excluding carboxylic acids is 1. The highest BCUT2D eigenvalue weighted by atomic mass is 19.1. The van der Waals surface area contributed by atoms with E-state index in [4.69, 9.17) is 0 Å². The summed E-state index contributed by atoms with van der Waals surface area (Å²) in [4.78, 5) is 15.5. The van der Waals surface area contributed by atoms with E-state index in [0.717, 1.165) is 37.3 Å². The van der Waals surface area contributed by atoms with Crippen LogP contribution in [0.25, 0.3) is 0 Å². The SMILES string of the molecule is O=C(N[C@@H]1C[C@H](CN2CCC(CCCc3ccc(F)cc3)CC2)[C@@H](c2ccccc2)C1)c1ccccc1. The van der Waals surface area contributed by atoms with Crippen LogP contribution in [0, 0.1) is 17.7 Å². The molecule has 2 aliphatic rings. The number of hydrogen-bond donors (Lipinski definition) is 1. The average molecular weight is 499 g/mol. The van der Waals surface area contributed by atoms with E-state index in [-0.39, 0.29) is 17.8 Å². The normalized spacial score (nSPS) is 22.7. The van der Waals surface area contributed by atoms with Crippen molar-refractivity contribution in [2.24, 2.45) is 11.8 Å². The van der Waals surface area contributed by atoms with Crippen LogP contribution in [0.4, 0.5) is 4.39 Å². The predicted molar refractivity (Wildman–Crippen MR) is 148 cm³/mol. The van der Waals surface area contributed by atoms with Gasteiger partial charge in [-0.05, 0) is 105 Å². The fourth-order valence-electron chi connectivity index (χ4n) is 6.45. The van der Waals surface area contributed by atoms with Crippen molar-refractivity contribution in [1.82, 2.24) is 10.2 Å². The fraction of sp³-hybridized carbons (Fsp3) is 0.424. The lowest BCUT2D eigenvalue weighted by molar-refractivity contribution is 0.0936. The molecule has 2 fully saturated rings. The second-order valence-electron chi connectivity index (χ2n) is 11.0. The molecule has 194 valence electrons. The molecular weight excluding hydrogens is 459 g/mol. The third-order valence-electron chi connectivity index (χ3n) is 8.48. The summed E-state index contributed by atoms with van der Waals surface area (Å²) in [7, 11) is 0. The molecule has 0 unspecified atom stereocenters. The molecule has 1 aliphatic carbocycles. The van der Waals surface area contributed by atoms with Crippen LogP contribution in [-0.2, 0) is 6.42 Å². The summed E-state index contributed by atoms with van der Waals surface area (Å²) in [5.41, 5.74) is 3.38. The van der Waals surface area contributed by atoms with Crippen LogP contribution in [0.3, 0.4) is 0 Å². The van der Waals surface area contributed by atoms with Gasteiger partial charge in [-0.25, -0.2) is 4.39 Å². The lowest BCUT2D eigenvalue weighted by atomic mass is 9.87. The molecule has 1 heterocycles. The van der Waals surface area contributed by atoms with E-state index < -0.39 is 0 Å². The molecule has 1 saturated carbocycles. The molecule has 1 aliphatic heterocycles. The zero-order valence-electron chi connectivity index (χ0n) is 21.7. The average Bonchev–Trinajstić information content (AvgIpc) is 3.33. The number of nitrogens with one attached hydrogen (secondary N) is 1. The summed E-state index contributed by atoms with van der Waals surface area (Å²) in [6.07, 6.45) is 8.05. The van der Waals surface area contributed by atoms with E-state index in [2.05, 4.69) is 40.5 Å². The van der Waals surface area contributed by atoms with E-state index in [1.54, 1.807) is 12.1 Å². The Hall–Kier alpha value is -2.98. The molecule has 3 aromatic rings. The van der Waals surface area contributed by atoms with Gasteiger partial charge in [0.1, 0.15) is 5.82 Å². The summed E-state index contributed by atoms with van der Waals surface area (Å²) >= 11 is 0. The van der Waals surface area contributed by atoms with Crippen molar-refractivity contribution in [2.75, 3.05) is 19.6 Å². The summed E-state index contributed by atoms with van der Waals surface area (Å²) in [6, 6.07) is 27.6. The number of likely N-dealkylation sites (tertiary alicyclic amines) is 1. The minimum atomic E-state index is -0.155. The van der Waals surface area contributed by atoms with Crippen molar-refractivity contribution in [2.45, 2.75) is 56.9 Å². The molecule has 1 amide bonds. The van der Waals surface area contributed by atoms with Crippen LogP contribution in [0.15, 0.2) is 84.9 Å². The quantitative estimate of drug-likeness (QED) is 0.350. The van der Waals surface area contributed by atoms with Crippen LogP contribution < -0.4 is 5.32 Å². The molecule has 1 saturated heterocycles. The summed E-state index contributed by atoms with van der Waals surface area (Å²) in [6.45, 7) is 3.44. The van der Waals surface area contributed by atoms with Gasteiger partial charge in [0, 0.05) is 18.2 Å². The predicted octanol–water partition coefficient (Wildman–Crippen LogP) is 6.85. The summed E-state index contributed by atoms with van der Waals surface area (Å²) < 4.78 is 13.1. The zero-order chi connectivity index (χ0) is 25.5. The van der Waals surface area contributed by atoms with Crippen molar-refractivity contribution in [3.8, 4) is 0 Å². The number of carbonyl (C=O) groups is 1. The number of nitrogens with zero attached hydrogens (tertiary/aromatic N) is 1. The fourth-order valence-corrected chi connectivity index (χ4v) is 6.45. The molecule has 3 nitrogen and oxygen atoms in total. The highest BCUT2D eigenvalue weighted by Crippen LogP contribution is 2.41. The van der Waals surface area contributed by atoms with Gasteiger partial charge in [-0.1, -0.05) is 67.1 Å². The first-order valence-corrected chi connectivity index (χ1v) is 14.0. The number of aryl methyl sites for hydroxylation is 1. The Morgan fingerprint density at radius 1 is 0.865 bits per heavy atom. The van der Waals surface area contributed by atoms with E-state index in [1.807, 2.05) is 42.5 Å². The second-order valence-corrected chi connectivity index (χ2v) is 11.0. The maximum Gasteiger partial charge on any atom is 0.251 e. The largest absolute Gasteiger partial charge is 0.349 e. The van der Waals surface area contributed by atoms with Gasteiger partial charge in [0.25, 0.3) is 5.91 Å². The molecule has 3 aromatic carbocycles. The minimum Gasteiger partial charge on any atom is -0.349 e. The molecular formula is C33H39FN2O. The third kappa shape index (κ3) is 7.07. The van der Waals surface area contributed by atoms with E-state index in [9.17, 15) is 9.18 Å². The summed E-state index contributed by atoms with van der Waals surface area (Å²) in [5.74, 6) is 1.72. The lowest BCUT2D eigenvalue weighted by Crippen LogP contribution is -2.38. The molecule has 5 rings (SSSR count). The highest BCUT2D eigenvalue weighted by molar-refractivity contribution is 5.94. The molecule has 37 heavy (non-hydrogen) atoms. The smallest absolute Gasteiger partial charge is 0.251 e. The van der Waals surface area contributed by atoms with E-state index in [0.29, 0.717) is 11.8 Å². The number of amides is 1. The van der Waals surface area contributed by atoms with Gasteiger partial charge in [-0.3, -0.25) is 4.79 Å². The molecule has 0 aromatic heterocycles. The third-order valence-corrected chi connectivity index (χ3v) is 8.48. The second kappa shape index (κ2) is 12.5. The summed E-state index contributed by atoms with van der Waals surface area (Å²) in [5, 5.41) is 3.33. The van der Waals surface area contributed by atoms with Gasteiger partial charge in [-0.15, -0.1) is 0 Å². The van der Waals surface area contributed by atoms with E-state index >= 15 is 0 Å². The number of halogens is 1. The van der Waals surface area contributed by atoms with Gasteiger partial charge in [0.2, 0.25) is 0 Å². The first-order chi connectivity index (χ1) is 18.1. The van der Waals surface area contributed by atoms with Crippen LogP contribution >= 0.6 is 0 Å². The van der Waals surface area contributed by atoms with Gasteiger partial charge in [0.15, 0.2) is 0 Å². The Labute approximate surface area is 221 Å². The van der Waals surface area contributed by atoms with Crippen molar-refractivity contribution in [3.63, 3.8) is 0 Å². The topological polar surface area (TPSA) is 32.3 Å². The highest BCUT2D eigenvalue weighted by Gasteiger charge is 2.37. The van der Waals surface area contributed by atoms with Crippen LogP contribution in [0.2, 0.25) is 0 Å². The van der Waals surface area contributed by atoms with Crippen LogP contribution in [-0.4, -0.2) is 36.5 Å². The molecule has 0 spiro atoms.